The lowest BCUT2D eigenvalue weighted by Gasteiger charge is -2.02. The third-order valence-corrected chi connectivity index (χ3v) is 3.24. The van der Waals surface area contributed by atoms with Gasteiger partial charge in [0, 0.05) is 36.1 Å². The lowest BCUT2D eigenvalue weighted by molar-refractivity contribution is 0.997. The Kier molecular flexibility index (Phi) is 2.71. The van der Waals surface area contributed by atoms with Gasteiger partial charge in [0.05, 0.1) is 11.1 Å². The molecule has 17 heavy (non-hydrogen) atoms. The zero-order chi connectivity index (χ0) is 11.5. The maximum absolute atomic E-state index is 2.29. The first-order chi connectivity index (χ1) is 8.43. The van der Waals surface area contributed by atoms with Gasteiger partial charge in [-0.3, -0.25) is 0 Å². The van der Waals surface area contributed by atoms with Crippen molar-refractivity contribution < 1.29 is 0 Å². The van der Waals surface area contributed by atoms with Gasteiger partial charge >= 0.3 is 0 Å². The first-order valence-electron chi connectivity index (χ1n) is 6.12. The molecule has 0 aromatic heterocycles. The normalized spacial score (nSPS) is 15.5. The first-order valence-corrected chi connectivity index (χ1v) is 6.12. The van der Waals surface area contributed by atoms with Gasteiger partial charge < -0.3 is 0 Å². The van der Waals surface area contributed by atoms with Crippen LogP contribution in [0.25, 0.3) is 6.08 Å². The van der Waals surface area contributed by atoms with Crippen LogP contribution in [-0.2, 0) is 6.42 Å². The minimum Gasteiger partial charge on any atom is -0.0750 e. The second kappa shape index (κ2) is 4.50. The van der Waals surface area contributed by atoms with Gasteiger partial charge in [-0.05, 0) is 48.9 Å². The van der Waals surface area contributed by atoms with Gasteiger partial charge in [-0.15, -0.1) is 0 Å². The summed E-state index contributed by atoms with van der Waals surface area (Å²) < 4.78 is 0. The lowest BCUT2D eigenvalue weighted by Crippen LogP contribution is -1.93. The number of benzene rings is 2. The molecular weight excluding hydrogens is 204 g/mol. The Labute approximate surface area is 103 Å². The Hall–Kier alpha value is -1.95. The number of hydrogen-bond acceptors (Lipinski definition) is 0. The van der Waals surface area contributed by atoms with Crippen LogP contribution in [0.4, 0.5) is 0 Å². The Bertz CT molecular complexity index is 549. The molecule has 0 bridgehead atoms. The predicted molar refractivity (Wildman–Crippen MR) is 72.7 cm³/mol. The number of hydrogen-bond donors (Lipinski definition) is 0. The molecule has 0 N–H and O–H groups in total. The van der Waals surface area contributed by atoms with E-state index in [0.717, 1.165) is 12.8 Å². The van der Waals surface area contributed by atoms with E-state index in [9.17, 15) is 0 Å². The molecule has 2 aromatic rings. The molecule has 0 saturated heterocycles. The third-order valence-electron chi connectivity index (χ3n) is 3.24. The monoisotopic (exact) mass is 219 g/mol. The summed E-state index contributed by atoms with van der Waals surface area (Å²) >= 11 is 0. The van der Waals surface area contributed by atoms with Crippen LogP contribution in [0, 0.1) is 6.42 Å². The fraction of sp³-hybridized carbons (Fsp3) is 0.118. The topological polar surface area (TPSA) is 0 Å². The van der Waals surface area contributed by atoms with Gasteiger partial charge in [0.15, 0.2) is 0 Å². The fourth-order valence-corrected chi connectivity index (χ4v) is 2.31. The average molecular weight is 219 g/mol. The predicted octanol–water partition coefficient (Wildman–Crippen LogP) is 4.25. The maximum atomic E-state index is 2.29. The van der Waals surface area contributed by atoms with E-state index in [1.165, 1.54) is 22.3 Å². The molecule has 0 heterocycles. The molecule has 0 spiro atoms. The number of allylic oxidation sites excluding steroid dienone is 1. The van der Waals surface area contributed by atoms with Crippen molar-refractivity contribution in [3.05, 3.63) is 83.3 Å². The second-order valence-corrected chi connectivity index (χ2v) is 4.41. The van der Waals surface area contributed by atoms with Gasteiger partial charge in [-0.1, -0.05) is 6.08 Å². The molecule has 0 fully saturated rings. The summed E-state index contributed by atoms with van der Waals surface area (Å²) in [7, 11) is 0. The van der Waals surface area contributed by atoms with Crippen molar-refractivity contribution in [3.63, 3.8) is 0 Å². The zero-order valence-electron chi connectivity index (χ0n) is 9.77. The Morgan fingerprint density at radius 3 is 2.53 bits per heavy atom. The molecule has 0 atom stereocenters. The molecule has 0 nitrogen and oxygen atoms in total. The fourth-order valence-electron chi connectivity index (χ4n) is 2.31. The summed E-state index contributed by atoms with van der Waals surface area (Å²) in [6.45, 7) is 0. The number of rotatable bonds is 0. The van der Waals surface area contributed by atoms with Crippen LogP contribution in [0.5, 0.6) is 0 Å². The second-order valence-electron chi connectivity index (χ2n) is 4.41. The van der Waals surface area contributed by atoms with E-state index in [1.807, 2.05) is 0 Å². The highest BCUT2D eigenvalue weighted by Gasteiger charge is 2.13. The molecule has 82 valence electrons. The van der Waals surface area contributed by atoms with Crippen LogP contribution >= 0.6 is 0 Å². The quantitative estimate of drug-likeness (QED) is 0.581. The molecule has 1 aliphatic rings. The SMILES string of the molecule is C1=C\c2ccccc2[CH+]c2ccccc2CC/1. The molecule has 2 aromatic carbocycles. The van der Waals surface area contributed by atoms with Crippen LogP contribution in [0.2, 0.25) is 0 Å². The van der Waals surface area contributed by atoms with Crippen molar-refractivity contribution >= 4 is 6.08 Å². The highest BCUT2D eigenvalue weighted by Crippen LogP contribution is 2.23. The zero-order valence-corrected chi connectivity index (χ0v) is 9.77. The summed E-state index contributed by atoms with van der Waals surface area (Å²) in [5, 5.41) is 0. The van der Waals surface area contributed by atoms with E-state index in [-0.39, 0.29) is 0 Å². The lowest BCUT2D eigenvalue weighted by atomic mass is 9.96. The van der Waals surface area contributed by atoms with E-state index >= 15 is 0 Å². The molecular formula is C17H15+. The first kappa shape index (κ1) is 10.2. The van der Waals surface area contributed by atoms with Crippen LogP contribution < -0.4 is 0 Å². The summed E-state index contributed by atoms with van der Waals surface area (Å²) in [5.41, 5.74) is 5.40. The van der Waals surface area contributed by atoms with Gasteiger partial charge in [0.25, 0.3) is 0 Å². The van der Waals surface area contributed by atoms with Crippen LogP contribution in [0.15, 0.2) is 54.6 Å². The van der Waals surface area contributed by atoms with E-state index in [0.29, 0.717) is 0 Å². The van der Waals surface area contributed by atoms with E-state index in [4.69, 9.17) is 0 Å². The highest BCUT2D eigenvalue weighted by atomic mass is 14.1. The van der Waals surface area contributed by atoms with Crippen LogP contribution in [0.1, 0.15) is 28.7 Å². The van der Waals surface area contributed by atoms with Crippen molar-refractivity contribution in [2.75, 3.05) is 0 Å². The van der Waals surface area contributed by atoms with E-state index in [2.05, 4.69) is 67.1 Å². The van der Waals surface area contributed by atoms with Gasteiger partial charge in [0.1, 0.15) is 0 Å². The number of aryl methyl sites for hydroxylation is 1. The Balaban J connectivity index is 2.10. The minimum atomic E-state index is 1.11. The van der Waals surface area contributed by atoms with Crippen molar-refractivity contribution in [1.82, 2.24) is 0 Å². The third kappa shape index (κ3) is 2.12. The number of fused-ring (bicyclic) bond motifs is 2. The van der Waals surface area contributed by atoms with Gasteiger partial charge in [0.2, 0.25) is 0 Å². The summed E-state index contributed by atoms with van der Waals surface area (Å²) in [5.74, 6) is 0. The Morgan fingerprint density at radius 2 is 1.59 bits per heavy atom. The summed E-state index contributed by atoms with van der Waals surface area (Å²) in [4.78, 5) is 0. The van der Waals surface area contributed by atoms with Crippen molar-refractivity contribution in [2.24, 2.45) is 0 Å². The highest BCUT2D eigenvalue weighted by molar-refractivity contribution is 5.59. The summed E-state index contributed by atoms with van der Waals surface area (Å²) in [6.07, 6.45) is 9.03. The standard InChI is InChI=1S/C17H15/c1-2-8-15-10-4-6-12-17(15)13-16-11-5-3-9-14(16)7-1/h1,3-7,9-13H,2,8H2/q+1/b7-1-. The van der Waals surface area contributed by atoms with Crippen LogP contribution in [0.3, 0.4) is 0 Å². The molecule has 0 amide bonds. The molecule has 0 unspecified atom stereocenters. The smallest absolute Gasteiger partial charge is 0.0750 e. The van der Waals surface area contributed by atoms with Crippen LogP contribution in [-0.4, -0.2) is 0 Å². The Morgan fingerprint density at radius 1 is 0.824 bits per heavy atom. The molecule has 0 heteroatoms. The van der Waals surface area contributed by atoms with Gasteiger partial charge in [-0.2, -0.15) is 0 Å². The summed E-state index contributed by atoms with van der Waals surface area (Å²) in [6, 6.07) is 17.2. The van der Waals surface area contributed by atoms with Gasteiger partial charge in [-0.25, -0.2) is 0 Å². The minimum absolute atomic E-state index is 1.11. The van der Waals surface area contributed by atoms with E-state index < -0.39 is 0 Å². The van der Waals surface area contributed by atoms with E-state index in [1.54, 1.807) is 0 Å². The van der Waals surface area contributed by atoms with Crippen molar-refractivity contribution in [1.29, 1.82) is 0 Å². The maximum Gasteiger partial charge on any atom is 0.0799 e. The molecule has 0 saturated carbocycles. The molecule has 1 aliphatic carbocycles. The van der Waals surface area contributed by atoms with Crippen molar-refractivity contribution in [3.8, 4) is 0 Å². The van der Waals surface area contributed by atoms with Crippen molar-refractivity contribution in [2.45, 2.75) is 12.8 Å². The molecule has 0 aliphatic heterocycles. The average Bonchev–Trinajstić information content (AvgIpc) is 2.46. The largest absolute Gasteiger partial charge is 0.0799 e. The molecule has 0 radical (unpaired) electrons. The molecule has 3 rings (SSSR count).